The lowest BCUT2D eigenvalue weighted by atomic mass is 9.77. The largest absolute Gasteiger partial charge is 0.450 e. The summed E-state index contributed by atoms with van der Waals surface area (Å²) in [5, 5.41) is 12.4. The fourth-order valence-corrected chi connectivity index (χ4v) is 11.8. The predicted octanol–water partition coefficient (Wildman–Crippen LogP) is 11.6. The third-order valence-corrected chi connectivity index (χ3v) is 15.7. The molecule has 8 aromatic rings. The van der Waals surface area contributed by atoms with Gasteiger partial charge in [-0.25, -0.2) is 14.6 Å². The number of anilines is 1. The fraction of sp³-hybridized carbons (Fsp3) is 0.161. The van der Waals surface area contributed by atoms with Crippen molar-refractivity contribution in [3.63, 3.8) is 0 Å². The molecular weight excluding hydrogens is 1030 g/mol. The normalized spacial score (nSPS) is 15.6. The molecule has 3 heterocycles. The summed E-state index contributed by atoms with van der Waals surface area (Å²) >= 11 is 9.06. The Morgan fingerprint density at radius 3 is 1.53 bits per heavy atom. The van der Waals surface area contributed by atoms with Gasteiger partial charge in [0.15, 0.2) is 23.1 Å². The number of β-lactam (4-membered cyclic amide) rings is 1. The van der Waals surface area contributed by atoms with Gasteiger partial charge in [0, 0.05) is 17.0 Å². The number of hydrogen-bond donors (Lipinski definition) is 2. The number of thiazole rings is 1. The number of carbonyl (C=O) groups is 4. The Hall–Kier alpha value is -8.30. The molecule has 10 rings (SSSR count). The maximum absolute atomic E-state index is 15.0. The van der Waals surface area contributed by atoms with Crippen LogP contribution in [0.25, 0.3) is 0 Å². The number of aromatic nitrogens is 1. The summed E-state index contributed by atoms with van der Waals surface area (Å²) in [4.78, 5) is 70.5. The number of rotatable bonds is 19. The van der Waals surface area contributed by atoms with Crippen LogP contribution in [0.3, 0.4) is 0 Å². The zero-order valence-corrected chi connectivity index (χ0v) is 44.3. The first-order valence-electron chi connectivity index (χ1n) is 24.9. The number of hydrogen-bond acceptors (Lipinski definition) is 12. The molecule has 2 aliphatic rings. The molecule has 0 unspecified atom stereocenters. The van der Waals surface area contributed by atoms with Crippen LogP contribution in [0.4, 0.5) is 5.13 Å². The molecule has 0 bridgehead atoms. The zero-order chi connectivity index (χ0) is 53.4. The lowest BCUT2D eigenvalue weighted by molar-refractivity contribution is -0.172. The zero-order valence-electron chi connectivity index (χ0n) is 41.9. The molecule has 2 aliphatic heterocycles. The summed E-state index contributed by atoms with van der Waals surface area (Å²) in [6.45, 7) is 2.99. The van der Waals surface area contributed by atoms with Crippen molar-refractivity contribution in [2.24, 2.45) is 5.16 Å². The summed E-state index contributed by atoms with van der Waals surface area (Å²) in [7, 11) is 0. The molecule has 2 N–H and O–H groups in total. The highest BCUT2D eigenvalue weighted by molar-refractivity contribution is 8.00. The third kappa shape index (κ3) is 11.0. The molecule has 0 saturated carbocycles. The average Bonchev–Trinajstić information content (AvgIpc) is 3.95. The molecule has 0 spiro atoms. The highest BCUT2D eigenvalue weighted by Gasteiger charge is 2.55. The van der Waals surface area contributed by atoms with Crippen molar-refractivity contribution in [3.05, 3.63) is 274 Å². The van der Waals surface area contributed by atoms with Gasteiger partial charge in [-0.15, -0.1) is 34.7 Å². The molecule has 7 aromatic carbocycles. The Labute approximate surface area is 459 Å². The second kappa shape index (κ2) is 23.3. The number of benzene rings is 7. The Morgan fingerprint density at radius 1 is 0.662 bits per heavy atom. The van der Waals surface area contributed by atoms with E-state index in [1.54, 1.807) is 5.38 Å². The SMILES string of the molecule is CC(C)(ON=C(C(=O)N[C@@H]1C(=O)N2C(C(=O)OC(c3ccccc3)c3ccccc3)=C(CCl)CS[C@H]12)c1csc(NC(c2ccccc2)(c2ccccc2)c2ccccc2)n1)C(=O)OC(c1ccccc1)c1ccccc1. The van der Waals surface area contributed by atoms with Crippen LogP contribution in [0, 0.1) is 0 Å². The molecule has 1 saturated heterocycles. The minimum absolute atomic E-state index is 0.0313. The quantitative estimate of drug-likeness (QED) is 0.0200. The lowest BCUT2D eigenvalue weighted by Gasteiger charge is -2.49. The standard InChI is InChI=1S/C62H52ClN5O7S2/c1-61(2,59(72)74-54(43-28-14-5-15-29-43)44-30-16-6-17-31-44)75-67-50(49-40-77-60(64-49)66-62(46-32-18-7-19-33-46,47-34-20-8-21-35-47)48-36-22-9-23-37-48)55(69)65-51-56(70)68-52(45(38-63)39-76-57(51)68)58(71)73-53(41-24-10-3-11-25-41)42-26-12-4-13-27-42/h3-37,40,51,53-54,57H,38-39H2,1-2H3,(H,64,66)(H,65,69)/t51-,57-/m1/s1. The van der Waals surface area contributed by atoms with E-state index in [4.69, 9.17) is 30.9 Å². The third-order valence-electron chi connectivity index (χ3n) is 13.3. The molecule has 77 heavy (non-hydrogen) atoms. The van der Waals surface area contributed by atoms with Crippen molar-refractivity contribution < 1.29 is 33.5 Å². The summed E-state index contributed by atoms with van der Waals surface area (Å²) in [5.74, 6) is -2.61. The highest BCUT2D eigenvalue weighted by atomic mass is 35.5. The van der Waals surface area contributed by atoms with Crippen LogP contribution >= 0.6 is 34.7 Å². The van der Waals surface area contributed by atoms with Crippen molar-refractivity contribution >= 4 is 69.3 Å². The van der Waals surface area contributed by atoms with Crippen LogP contribution in [0.2, 0.25) is 0 Å². The molecule has 12 nitrogen and oxygen atoms in total. The number of oxime groups is 1. The van der Waals surface area contributed by atoms with Crippen LogP contribution in [0.15, 0.2) is 234 Å². The van der Waals surface area contributed by atoms with E-state index < -0.39 is 58.5 Å². The number of ether oxygens (including phenoxy) is 2. The van der Waals surface area contributed by atoms with Gasteiger partial charge in [-0.2, -0.15) is 0 Å². The summed E-state index contributed by atoms with van der Waals surface area (Å²) in [6.07, 6.45) is -1.57. The maximum atomic E-state index is 15.0. The average molecular weight is 1080 g/mol. The van der Waals surface area contributed by atoms with Crippen molar-refractivity contribution in [2.75, 3.05) is 16.9 Å². The van der Waals surface area contributed by atoms with Crippen LogP contribution < -0.4 is 10.6 Å². The van der Waals surface area contributed by atoms with Gasteiger partial charge in [0.2, 0.25) is 5.60 Å². The van der Waals surface area contributed by atoms with Gasteiger partial charge in [0.1, 0.15) is 28.3 Å². The van der Waals surface area contributed by atoms with E-state index in [-0.39, 0.29) is 28.7 Å². The second-order valence-corrected chi connectivity index (χ2v) is 20.9. The van der Waals surface area contributed by atoms with Crippen molar-refractivity contribution in [1.82, 2.24) is 15.2 Å². The van der Waals surface area contributed by atoms with Crippen molar-refractivity contribution in [1.29, 1.82) is 0 Å². The molecule has 15 heteroatoms. The first-order valence-corrected chi connectivity index (χ1v) is 27.3. The first-order chi connectivity index (χ1) is 37.6. The fourth-order valence-electron chi connectivity index (χ4n) is 9.35. The van der Waals surface area contributed by atoms with E-state index in [0.29, 0.717) is 10.7 Å². The molecule has 386 valence electrons. The van der Waals surface area contributed by atoms with Gasteiger partial charge in [0.25, 0.3) is 11.8 Å². The molecule has 0 radical (unpaired) electrons. The van der Waals surface area contributed by atoms with Gasteiger partial charge in [-0.3, -0.25) is 14.5 Å². The number of nitrogens with one attached hydrogen (secondary N) is 2. The maximum Gasteiger partial charge on any atom is 0.356 e. The Bertz CT molecular complexity index is 3230. The summed E-state index contributed by atoms with van der Waals surface area (Å²) in [6, 6.07) is 66.2. The minimum atomic E-state index is -1.76. The Morgan fingerprint density at radius 2 is 1.09 bits per heavy atom. The van der Waals surface area contributed by atoms with Gasteiger partial charge >= 0.3 is 11.9 Å². The van der Waals surface area contributed by atoms with Crippen LogP contribution in [-0.2, 0) is 39.0 Å². The predicted molar refractivity (Wildman–Crippen MR) is 301 cm³/mol. The number of amides is 2. The number of alkyl halides is 1. The van der Waals surface area contributed by atoms with Gasteiger partial charge in [-0.05, 0) is 58.4 Å². The van der Waals surface area contributed by atoms with E-state index in [1.165, 1.54) is 41.8 Å². The smallest absolute Gasteiger partial charge is 0.356 e. The molecule has 2 atom stereocenters. The summed E-state index contributed by atoms with van der Waals surface area (Å²) < 4.78 is 12.4. The highest BCUT2D eigenvalue weighted by Crippen LogP contribution is 2.43. The molecular formula is C62H52ClN5O7S2. The number of fused-ring (bicyclic) bond motifs is 1. The molecule has 1 aromatic heterocycles. The number of halogens is 1. The number of carbonyl (C=O) groups excluding carboxylic acids is 4. The van der Waals surface area contributed by atoms with Crippen molar-refractivity contribution in [3.8, 4) is 0 Å². The van der Waals surface area contributed by atoms with E-state index in [1.807, 2.05) is 212 Å². The van der Waals surface area contributed by atoms with E-state index >= 15 is 0 Å². The van der Waals surface area contributed by atoms with Crippen LogP contribution in [0.1, 0.15) is 70.7 Å². The topological polar surface area (TPSA) is 149 Å². The lowest BCUT2D eigenvalue weighted by Crippen LogP contribution is -2.71. The monoisotopic (exact) mass is 1080 g/mol. The van der Waals surface area contributed by atoms with Gasteiger partial charge in [0.05, 0.1) is 0 Å². The molecule has 0 aliphatic carbocycles. The van der Waals surface area contributed by atoms with E-state index in [2.05, 4.69) is 15.8 Å². The number of esters is 2. The van der Waals surface area contributed by atoms with Crippen molar-refractivity contribution in [2.45, 2.75) is 48.6 Å². The first kappa shape index (κ1) is 52.2. The van der Waals surface area contributed by atoms with E-state index in [9.17, 15) is 19.2 Å². The Balaban J connectivity index is 0.969. The Kier molecular flexibility index (Phi) is 15.8. The summed E-state index contributed by atoms with van der Waals surface area (Å²) in [5.41, 5.74) is 3.34. The second-order valence-electron chi connectivity index (χ2n) is 18.7. The van der Waals surface area contributed by atoms with Crippen LogP contribution in [-0.4, -0.2) is 68.0 Å². The molecule has 1 fully saturated rings. The van der Waals surface area contributed by atoms with E-state index in [0.717, 1.165) is 38.9 Å². The molecule has 2 amide bonds. The van der Waals surface area contributed by atoms with Gasteiger partial charge < -0.3 is 24.9 Å². The van der Waals surface area contributed by atoms with Crippen LogP contribution in [0.5, 0.6) is 0 Å². The minimum Gasteiger partial charge on any atom is -0.450 e. The van der Waals surface area contributed by atoms with Gasteiger partial charge in [-0.1, -0.05) is 217 Å². The number of thioether (sulfide) groups is 1. The number of nitrogens with zero attached hydrogens (tertiary/aromatic N) is 3.